The van der Waals surface area contributed by atoms with Crippen LogP contribution in [-0.2, 0) is 6.42 Å². The third kappa shape index (κ3) is 3.86. The number of piperazine rings is 1. The van der Waals surface area contributed by atoms with E-state index in [9.17, 15) is 0 Å². The topological polar surface area (TPSA) is 48.3 Å². The van der Waals surface area contributed by atoms with E-state index in [0.717, 1.165) is 39.1 Å². The molecule has 130 valence electrons. The van der Waals surface area contributed by atoms with Gasteiger partial charge in [0, 0.05) is 62.1 Å². The van der Waals surface area contributed by atoms with E-state index in [2.05, 4.69) is 75.4 Å². The average Bonchev–Trinajstić information content (AvgIpc) is 3.05. The Hall–Kier alpha value is -2.30. The molecule has 1 aromatic heterocycles. The summed E-state index contributed by atoms with van der Waals surface area (Å²) < 4.78 is 0. The van der Waals surface area contributed by atoms with Gasteiger partial charge < -0.3 is 15.6 Å². The lowest BCUT2D eigenvalue weighted by Crippen LogP contribution is -2.50. The summed E-state index contributed by atoms with van der Waals surface area (Å²) in [5, 5.41) is 1.26. The Labute approximate surface area is 149 Å². The molecule has 1 aliphatic rings. The summed E-state index contributed by atoms with van der Waals surface area (Å²) in [5.74, 6) is 0. The zero-order valence-corrected chi connectivity index (χ0v) is 14.6. The molecule has 4 heteroatoms. The highest BCUT2D eigenvalue weighted by Gasteiger charge is 2.19. The van der Waals surface area contributed by atoms with Gasteiger partial charge in [-0.25, -0.2) is 0 Å². The second kappa shape index (κ2) is 7.30. The van der Waals surface area contributed by atoms with Crippen LogP contribution in [-0.4, -0.2) is 48.6 Å². The molecule has 25 heavy (non-hydrogen) atoms. The van der Waals surface area contributed by atoms with E-state index >= 15 is 0 Å². The Kier molecular flexibility index (Phi) is 4.72. The normalized spacial score (nSPS) is 17.1. The maximum absolute atomic E-state index is 6.43. The lowest BCUT2D eigenvalue weighted by molar-refractivity contribution is 0.241. The van der Waals surface area contributed by atoms with Crippen LogP contribution in [0, 0.1) is 0 Å². The fourth-order valence-corrected chi connectivity index (χ4v) is 3.75. The van der Waals surface area contributed by atoms with E-state index < -0.39 is 0 Å². The highest BCUT2D eigenvalue weighted by Crippen LogP contribution is 2.17. The summed E-state index contributed by atoms with van der Waals surface area (Å²) in [5.41, 5.74) is 10.2. The van der Waals surface area contributed by atoms with Crippen LogP contribution in [0.5, 0.6) is 0 Å². The number of hydrogen-bond acceptors (Lipinski definition) is 3. The number of aromatic nitrogens is 1. The van der Waals surface area contributed by atoms with Crippen molar-refractivity contribution >= 4 is 16.6 Å². The minimum absolute atomic E-state index is 0.163. The summed E-state index contributed by atoms with van der Waals surface area (Å²) >= 11 is 0. The summed E-state index contributed by atoms with van der Waals surface area (Å²) in [4.78, 5) is 8.44. The minimum Gasteiger partial charge on any atom is -0.369 e. The van der Waals surface area contributed by atoms with Crippen LogP contribution in [0.1, 0.15) is 5.69 Å². The van der Waals surface area contributed by atoms with E-state index in [0.29, 0.717) is 0 Å². The van der Waals surface area contributed by atoms with Gasteiger partial charge in [0.1, 0.15) is 0 Å². The molecule has 3 aromatic rings. The average molecular weight is 334 g/mol. The number of aromatic amines is 1. The molecule has 0 saturated carbocycles. The van der Waals surface area contributed by atoms with Crippen LogP contribution in [0.25, 0.3) is 10.9 Å². The number of nitrogens with zero attached hydrogens (tertiary/aromatic N) is 2. The Morgan fingerprint density at radius 1 is 0.920 bits per heavy atom. The van der Waals surface area contributed by atoms with Crippen molar-refractivity contribution in [2.45, 2.75) is 12.5 Å². The molecular formula is C21H26N4. The van der Waals surface area contributed by atoms with Crippen molar-refractivity contribution in [3.05, 3.63) is 66.4 Å². The van der Waals surface area contributed by atoms with E-state index in [1.54, 1.807) is 0 Å². The third-order valence-electron chi connectivity index (χ3n) is 5.05. The van der Waals surface area contributed by atoms with Gasteiger partial charge in [0.2, 0.25) is 0 Å². The van der Waals surface area contributed by atoms with Crippen LogP contribution in [0.2, 0.25) is 0 Å². The minimum atomic E-state index is 0.163. The van der Waals surface area contributed by atoms with Gasteiger partial charge in [-0.2, -0.15) is 0 Å². The zero-order chi connectivity index (χ0) is 17.1. The molecule has 1 aliphatic heterocycles. The SMILES string of the molecule is NC(Cc1cc2ccccc2[nH]1)CN1CCN(c2ccccc2)CC1. The molecule has 1 atom stereocenters. The fraction of sp³-hybridized carbons (Fsp3) is 0.333. The second-order valence-corrected chi connectivity index (χ2v) is 6.97. The molecule has 4 nitrogen and oxygen atoms in total. The molecule has 1 saturated heterocycles. The van der Waals surface area contributed by atoms with Crippen LogP contribution >= 0.6 is 0 Å². The van der Waals surface area contributed by atoms with Crippen molar-refractivity contribution in [1.29, 1.82) is 0 Å². The molecular weight excluding hydrogens is 308 g/mol. The van der Waals surface area contributed by atoms with Gasteiger partial charge in [0.15, 0.2) is 0 Å². The lowest BCUT2D eigenvalue weighted by atomic mass is 10.1. The first kappa shape index (κ1) is 16.2. The van der Waals surface area contributed by atoms with Gasteiger partial charge >= 0.3 is 0 Å². The zero-order valence-electron chi connectivity index (χ0n) is 14.6. The smallest absolute Gasteiger partial charge is 0.0456 e. The first-order valence-electron chi connectivity index (χ1n) is 9.12. The number of rotatable bonds is 5. The van der Waals surface area contributed by atoms with Crippen molar-refractivity contribution in [3.8, 4) is 0 Å². The summed E-state index contributed by atoms with van der Waals surface area (Å²) in [6.07, 6.45) is 0.896. The molecule has 2 aromatic carbocycles. The standard InChI is InChI=1S/C21H26N4/c22-18(15-19-14-17-6-4-5-9-21(17)23-19)16-24-10-12-25(13-11-24)20-7-2-1-3-8-20/h1-9,14,18,23H,10-13,15-16,22H2. The monoisotopic (exact) mass is 334 g/mol. The lowest BCUT2D eigenvalue weighted by Gasteiger charge is -2.37. The summed E-state index contributed by atoms with van der Waals surface area (Å²) in [6.45, 7) is 5.26. The highest BCUT2D eigenvalue weighted by molar-refractivity contribution is 5.80. The Morgan fingerprint density at radius 2 is 1.64 bits per heavy atom. The predicted octanol–water partition coefficient (Wildman–Crippen LogP) is 2.86. The van der Waals surface area contributed by atoms with Gasteiger partial charge in [0.25, 0.3) is 0 Å². The number of benzene rings is 2. The fourth-order valence-electron chi connectivity index (χ4n) is 3.75. The largest absolute Gasteiger partial charge is 0.369 e. The van der Waals surface area contributed by atoms with Crippen molar-refractivity contribution in [2.24, 2.45) is 5.73 Å². The maximum atomic E-state index is 6.43. The number of H-pyrrole nitrogens is 1. The van der Waals surface area contributed by atoms with Crippen molar-refractivity contribution in [3.63, 3.8) is 0 Å². The van der Waals surface area contributed by atoms with Gasteiger partial charge in [-0.3, -0.25) is 4.90 Å². The number of hydrogen-bond donors (Lipinski definition) is 2. The molecule has 0 bridgehead atoms. The van der Waals surface area contributed by atoms with Gasteiger partial charge in [-0.15, -0.1) is 0 Å². The van der Waals surface area contributed by atoms with Crippen LogP contribution in [0.3, 0.4) is 0 Å². The number of para-hydroxylation sites is 2. The highest BCUT2D eigenvalue weighted by atomic mass is 15.3. The molecule has 0 spiro atoms. The predicted molar refractivity (Wildman–Crippen MR) is 105 cm³/mol. The van der Waals surface area contributed by atoms with Gasteiger partial charge in [0.05, 0.1) is 0 Å². The molecule has 3 N–H and O–H groups in total. The molecule has 4 rings (SSSR count). The van der Waals surface area contributed by atoms with Crippen LogP contribution < -0.4 is 10.6 Å². The number of nitrogens with two attached hydrogens (primary N) is 1. The number of anilines is 1. The molecule has 1 fully saturated rings. The third-order valence-corrected chi connectivity index (χ3v) is 5.05. The van der Waals surface area contributed by atoms with Crippen molar-refractivity contribution in [1.82, 2.24) is 9.88 Å². The maximum Gasteiger partial charge on any atom is 0.0456 e. The van der Waals surface area contributed by atoms with Crippen LogP contribution in [0.4, 0.5) is 5.69 Å². The Bertz CT molecular complexity index is 770. The number of fused-ring (bicyclic) bond motifs is 1. The molecule has 2 heterocycles. The Balaban J connectivity index is 1.29. The number of nitrogens with one attached hydrogen (secondary N) is 1. The van der Waals surface area contributed by atoms with E-state index in [1.165, 1.54) is 22.3 Å². The summed E-state index contributed by atoms with van der Waals surface area (Å²) in [6, 6.07) is 21.5. The molecule has 1 unspecified atom stereocenters. The van der Waals surface area contributed by atoms with E-state index in [4.69, 9.17) is 5.73 Å². The Morgan fingerprint density at radius 3 is 2.40 bits per heavy atom. The van der Waals surface area contributed by atoms with Gasteiger partial charge in [-0.1, -0.05) is 36.4 Å². The molecule has 0 aliphatic carbocycles. The van der Waals surface area contributed by atoms with E-state index in [-0.39, 0.29) is 6.04 Å². The first-order valence-corrected chi connectivity index (χ1v) is 9.12. The molecule has 0 amide bonds. The van der Waals surface area contributed by atoms with Crippen LogP contribution in [0.15, 0.2) is 60.7 Å². The first-order chi connectivity index (χ1) is 12.3. The van der Waals surface area contributed by atoms with Crippen molar-refractivity contribution in [2.75, 3.05) is 37.6 Å². The van der Waals surface area contributed by atoms with Crippen molar-refractivity contribution < 1.29 is 0 Å². The second-order valence-electron chi connectivity index (χ2n) is 6.97. The van der Waals surface area contributed by atoms with E-state index in [1.807, 2.05) is 0 Å². The summed E-state index contributed by atoms with van der Waals surface area (Å²) in [7, 11) is 0. The van der Waals surface area contributed by atoms with Gasteiger partial charge in [-0.05, 0) is 29.7 Å². The quantitative estimate of drug-likeness (QED) is 0.754. The molecule has 0 radical (unpaired) electrons.